The second-order valence-corrected chi connectivity index (χ2v) is 8.02. The van der Waals surface area contributed by atoms with Crippen molar-refractivity contribution in [1.29, 1.82) is 0 Å². The van der Waals surface area contributed by atoms with E-state index in [1.54, 1.807) is 0 Å². The van der Waals surface area contributed by atoms with Gasteiger partial charge in [-0.3, -0.25) is 0 Å². The SMILES string of the molecule is CC1CC1CN(C)C1CC(C(C)(C)C)CCC1N. The molecule has 2 nitrogen and oxygen atoms in total. The molecule has 106 valence electrons. The molecule has 5 atom stereocenters. The van der Waals surface area contributed by atoms with Gasteiger partial charge in [-0.15, -0.1) is 0 Å². The zero-order valence-electron chi connectivity index (χ0n) is 12.9. The maximum absolute atomic E-state index is 6.37. The van der Waals surface area contributed by atoms with Gasteiger partial charge in [0.1, 0.15) is 0 Å². The maximum atomic E-state index is 6.37. The van der Waals surface area contributed by atoms with E-state index in [4.69, 9.17) is 5.73 Å². The quantitative estimate of drug-likeness (QED) is 0.836. The number of hydrogen-bond acceptors (Lipinski definition) is 2. The van der Waals surface area contributed by atoms with Crippen molar-refractivity contribution in [2.75, 3.05) is 13.6 Å². The van der Waals surface area contributed by atoms with Crippen LogP contribution in [0.3, 0.4) is 0 Å². The summed E-state index contributed by atoms with van der Waals surface area (Å²) in [5, 5.41) is 0. The highest BCUT2D eigenvalue weighted by Crippen LogP contribution is 2.41. The van der Waals surface area contributed by atoms with Gasteiger partial charge in [-0.2, -0.15) is 0 Å². The van der Waals surface area contributed by atoms with Crippen LogP contribution in [0, 0.1) is 23.2 Å². The fourth-order valence-electron chi connectivity index (χ4n) is 3.62. The molecule has 2 fully saturated rings. The van der Waals surface area contributed by atoms with E-state index in [0.717, 1.165) is 17.8 Å². The largest absolute Gasteiger partial charge is 0.326 e. The Morgan fingerprint density at radius 3 is 2.28 bits per heavy atom. The first kappa shape index (κ1) is 14.3. The van der Waals surface area contributed by atoms with Crippen LogP contribution in [0.1, 0.15) is 53.4 Å². The molecule has 2 aliphatic rings. The van der Waals surface area contributed by atoms with E-state index in [2.05, 4.69) is 39.6 Å². The first-order chi connectivity index (χ1) is 8.29. The van der Waals surface area contributed by atoms with Gasteiger partial charge >= 0.3 is 0 Å². The minimum Gasteiger partial charge on any atom is -0.326 e. The molecule has 0 radical (unpaired) electrons. The van der Waals surface area contributed by atoms with E-state index in [9.17, 15) is 0 Å². The minimum absolute atomic E-state index is 0.391. The van der Waals surface area contributed by atoms with Gasteiger partial charge in [0.15, 0.2) is 0 Å². The van der Waals surface area contributed by atoms with Crippen LogP contribution >= 0.6 is 0 Å². The van der Waals surface area contributed by atoms with Crippen LogP contribution in [-0.2, 0) is 0 Å². The lowest BCUT2D eigenvalue weighted by Crippen LogP contribution is -2.51. The highest BCUT2D eigenvalue weighted by Gasteiger charge is 2.39. The summed E-state index contributed by atoms with van der Waals surface area (Å²) in [7, 11) is 2.29. The van der Waals surface area contributed by atoms with E-state index >= 15 is 0 Å². The second-order valence-electron chi connectivity index (χ2n) is 8.02. The van der Waals surface area contributed by atoms with E-state index in [1.807, 2.05) is 0 Å². The predicted molar refractivity (Wildman–Crippen MR) is 78.5 cm³/mol. The standard InChI is InChI=1S/C16H32N2/c1-11-8-12(11)10-18(5)15-9-13(16(2,3)4)6-7-14(15)17/h11-15H,6-10,17H2,1-5H3. The molecule has 18 heavy (non-hydrogen) atoms. The third-order valence-electron chi connectivity index (χ3n) is 5.46. The Labute approximate surface area is 113 Å². The Balaban J connectivity index is 1.92. The Morgan fingerprint density at radius 2 is 1.78 bits per heavy atom. The summed E-state index contributed by atoms with van der Waals surface area (Å²) < 4.78 is 0. The highest BCUT2D eigenvalue weighted by atomic mass is 15.2. The van der Waals surface area contributed by atoms with E-state index in [-0.39, 0.29) is 0 Å². The van der Waals surface area contributed by atoms with Crippen molar-refractivity contribution in [3.8, 4) is 0 Å². The molecule has 0 aromatic heterocycles. The molecule has 0 aromatic carbocycles. The molecule has 0 amide bonds. The van der Waals surface area contributed by atoms with E-state index in [1.165, 1.54) is 32.2 Å². The third-order valence-corrected chi connectivity index (χ3v) is 5.46. The molecule has 0 aromatic rings. The Kier molecular flexibility index (Phi) is 4.08. The zero-order valence-corrected chi connectivity index (χ0v) is 12.9. The summed E-state index contributed by atoms with van der Waals surface area (Å²) in [5.74, 6) is 2.73. The van der Waals surface area contributed by atoms with Crippen molar-refractivity contribution in [3.63, 3.8) is 0 Å². The third kappa shape index (κ3) is 3.27. The average Bonchev–Trinajstić information content (AvgIpc) is 2.92. The normalized spacial score (nSPS) is 41.2. The fourth-order valence-corrected chi connectivity index (χ4v) is 3.62. The number of hydrogen-bond donors (Lipinski definition) is 1. The van der Waals surface area contributed by atoms with Crippen LogP contribution in [0.2, 0.25) is 0 Å². The molecule has 2 aliphatic carbocycles. The van der Waals surface area contributed by atoms with Gasteiger partial charge in [0.25, 0.3) is 0 Å². The molecule has 5 unspecified atom stereocenters. The molecule has 2 heteroatoms. The Hall–Kier alpha value is -0.0800. The molecular weight excluding hydrogens is 220 g/mol. The number of nitrogens with zero attached hydrogens (tertiary/aromatic N) is 1. The van der Waals surface area contributed by atoms with Gasteiger partial charge in [-0.25, -0.2) is 0 Å². The van der Waals surface area contributed by atoms with Crippen LogP contribution < -0.4 is 5.73 Å². The van der Waals surface area contributed by atoms with Gasteiger partial charge in [0.2, 0.25) is 0 Å². The summed E-state index contributed by atoms with van der Waals surface area (Å²) in [6.45, 7) is 10.8. The van der Waals surface area contributed by atoms with Crippen molar-refractivity contribution < 1.29 is 0 Å². The van der Waals surface area contributed by atoms with Crippen LogP contribution in [0.4, 0.5) is 0 Å². The Bertz CT molecular complexity index is 281. The number of rotatable bonds is 3. The van der Waals surface area contributed by atoms with Crippen molar-refractivity contribution in [2.24, 2.45) is 28.9 Å². The van der Waals surface area contributed by atoms with Crippen LogP contribution in [-0.4, -0.2) is 30.6 Å². The predicted octanol–water partition coefficient (Wildman–Crippen LogP) is 3.12. The minimum atomic E-state index is 0.391. The van der Waals surface area contributed by atoms with Gasteiger partial charge < -0.3 is 10.6 Å². The van der Waals surface area contributed by atoms with Crippen molar-refractivity contribution >= 4 is 0 Å². The Morgan fingerprint density at radius 1 is 1.17 bits per heavy atom. The van der Waals surface area contributed by atoms with Crippen LogP contribution in [0.5, 0.6) is 0 Å². The van der Waals surface area contributed by atoms with Crippen LogP contribution in [0.15, 0.2) is 0 Å². The first-order valence-electron chi connectivity index (χ1n) is 7.75. The molecule has 0 heterocycles. The molecule has 2 N–H and O–H groups in total. The molecule has 0 bridgehead atoms. The van der Waals surface area contributed by atoms with E-state index in [0.29, 0.717) is 17.5 Å². The van der Waals surface area contributed by atoms with Crippen molar-refractivity contribution in [1.82, 2.24) is 4.90 Å². The molecule has 0 saturated heterocycles. The summed E-state index contributed by atoms with van der Waals surface area (Å²) in [4.78, 5) is 2.57. The second kappa shape index (κ2) is 5.13. The summed E-state index contributed by atoms with van der Waals surface area (Å²) in [6, 6.07) is 0.999. The van der Waals surface area contributed by atoms with E-state index < -0.39 is 0 Å². The maximum Gasteiger partial charge on any atom is 0.0247 e. The number of likely N-dealkylation sites (N-methyl/N-ethyl adjacent to an activating group) is 1. The van der Waals surface area contributed by atoms with Crippen molar-refractivity contribution in [3.05, 3.63) is 0 Å². The monoisotopic (exact) mass is 252 g/mol. The zero-order chi connectivity index (χ0) is 13.5. The molecule has 2 rings (SSSR count). The van der Waals surface area contributed by atoms with Gasteiger partial charge in [-0.05, 0) is 55.9 Å². The van der Waals surface area contributed by atoms with Gasteiger partial charge in [-0.1, -0.05) is 27.7 Å². The highest BCUT2D eigenvalue weighted by molar-refractivity contribution is 4.94. The average molecular weight is 252 g/mol. The lowest BCUT2D eigenvalue weighted by Gasteiger charge is -2.44. The lowest BCUT2D eigenvalue weighted by molar-refractivity contribution is 0.0811. The lowest BCUT2D eigenvalue weighted by atomic mass is 9.69. The van der Waals surface area contributed by atoms with Crippen molar-refractivity contribution in [2.45, 2.75) is 65.5 Å². The van der Waals surface area contributed by atoms with Gasteiger partial charge in [0.05, 0.1) is 0 Å². The molecule has 0 aliphatic heterocycles. The summed E-state index contributed by atoms with van der Waals surface area (Å²) in [5.41, 5.74) is 6.81. The first-order valence-corrected chi connectivity index (χ1v) is 7.75. The smallest absolute Gasteiger partial charge is 0.0247 e. The van der Waals surface area contributed by atoms with Crippen LogP contribution in [0.25, 0.3) is 0 Å². The molecular formula is C16H32N2. The summed E-state index contributed by atoms with van der Waals surface area (Å²) in [6.07, 6.45) is 5.24. The number of nitrogens with two attached hydrogens (primary N) is 1. The fraction of sp³-hybridized carbons (Fsp3) is 1.00. The molecule has 0 spiro atoms. The topological polar surface area (TPSA) is 29.3 Å². The molecule has 2 saturated carbocycles. The summed E-state index contributed by atoms with van der Waals surface area (Å²) >= 11 is 0. The van der Waals surface area contributed by atoms with Gasteiger partial charge in [0, 0.05) is 18.6 Å².